The minimum absolute atomic E-state index is 0.185. The minimum Gasteiger partial charge on any atom is -0.478 e. The third kappa shape index (κ3) is 4.10. The molecule has 82 valence electrons. The van der Waals surface area contributed by atoms with Crippen LogP contribution in [0.4, 0.5) is 0 Å². The maximum Gasteiger partial charge on any atom is 0.335 e. The van der Waals surface area contributed by atoms with E-state index in [0.717, 1.165) is 18.5 Å². The van der Waals surface area contributed by atoms with Crippen LogP contribution in [0, 0.1) is 0 Å². The molecular weight excluding hydrogens is 194 g/mol. The van der Waals surface area contributed by atoms with Gasteiger partial charge in [0, 0.05) is 13.2 Å². The number of aliphatic hydroxyl groups excluding tert-OH is 1. The quantitative estimate of drug-likeness (QED) is 0.608. The average molecular weight is 209 g/mol. The van der Waals surface area contributed by atoms with E-state index in [1.54, 1.807) is 24.3 Å². The summed E-state index contributed by atoms with van der Waals surface area (Å²) >= 11 is 0. The lowest BCUT2D eigenvalue weighted by molar-refractivity contribution is 0.0697. The van der Waals surface area contributed by atoms with Crippen LogP contribution in [0.3, 0.4) is 0 Å². The highest BCUT2D eigenvalue weighted by Crippen LogP contribution is 2.03. The smallest absolute Gasteiger partial charge is 0.335 e. The summed E-state index contributed by atoms with van der Waals surface area (Å²) in [6.45, 7) is 1.64. The maximum atomic E-state index is 10.6. The van der Waals surface area contributed by atoms with E-state index in [2.05, 4.69) is 5.32 Å². The summed E-state index contributed by atoms with van der Waals surface area (Å²) in [4.78, 5) is 10.6. The number of carboxylic acids is 1. The highest BCUT2D eigenvalue weighted by Gasteiger charge is 2.00. The molecule has 4 heteroatoms. The summed E-state index contributed by atoms with van der Waals surface area (Å²) < 4.78 is 0. The van der Waals surface area contributed by atoms with Crippen LogP contribution >= 0.6 is 0 Å². The zero-order chi connectivity index (χ0) is 11.1. The van der Waals surface area contributed by atoms with Gasteiger partial charge in [-0.2, -0.15) is 0 Å². The summed E-state index contributed by atoms with van der Waals surface area (Å²) in [5.74, 6) is -0.908. The zero-order valence-electron chi connectivity index (χ0n) is 8.44. The summed E-state index contributed by atoms with van der Waals surface area (Å²) in [6, 6.07) is 6.75. The molecule has 0 spiro atoms. The van der Waals surface area contributed by atoms with E-state index in [0.29, 0.717) is 12.1 Å². The third-order valence-corrected chi connectivity index (χ3v) is 2.04. The lowest BCUT2D eigenvalue weighted by Crippen LogP contribution is -2.15. The lowest BCUT2D eigenvalue weighted by Gasteiger charge is -2.03. The Bertz CT molecular complexity index is 308. The second-order valence-corrected chi connectivity index (χ2v) is 3.26. The van der Waals surface area contributed by atoms with Crippen molar-refractivity contribution in [2.24, 2.45) is 0 Å². The van der Waals surface area contributed by atoms with Gasteiger partial charge in [-0.05, 0) is 30.7 Å². The zero-order valence-corrected chi connectivity index (χ0v) is 8.44. The highest BCUT2D eigenvalue weighted by molar-refractivity contribution is 5.87. The molecule has 0 aromatic heterocycles. The van der Waals surface area contributed by atoms with Gasteiger partial charge in [-0.3, -0.25) is 0 Å². The van der Waals surface area contributed by atoms with Crippen molar-refractivity contribution in [3.8, 4) is 0 Å². The number of hydrogen-bond donors (Lipinski definition) is 3. The van der Waals surface area contributed by atoms with Crippen LogP contribution in [0.5, 0.6) is 0 Å². The first-order chi connectivity index (χ1) is 7.24. The molecule has 0 aliphatic carbocycles. The van der Waals surface area contributed by atoms with E-state index in [9.17, 15) is 4.79 Å². The van der Waals surface area contributed by atoms with E-state index in [1.165, 1.54) is 0 Å². The van der Waals surface area contributed by atoms with E-state index < -0.39 is 5.97 Å². The van der Waals surface area contributed by atoms with Gasteiger partial charge in [0.15, 0.2) is 0 Å². The fourth-order valence-electron chi connectivity index (χ4n) is 1.20. The van der Waals surface area contributed by atoms with Crippen LogP contribution in [0.25, 0.3) is 0 Å². The molecule has 0 saturated heterocycles. The summed E-state index contributed by atoms with van der Waals surface area (Å²) in [6.07, 6.45) is 0.729. The molecule has 0 heterocycles. The molecule has 0 aliphatic rings. The van der Waals surface area contributed by atoms with Crippen LogP contribution in [0.1, 0.15) is 22.3 Å². The number of aliphatic hydroxyl groups is 1. The molecule has 0 unspecified atom stereocenters. The number of carboxylic acid groups (broad SMARTS) is 1. The molecule has 0 amide bonds. The molecule has 1 rings (SSSR count). The molecule has 0 bridgehead atoms. The van der Waals surface area contributed by atoms with Crippen molar-refractivity contribution in [1.29, 1.82) is 0 Å². The van der Waals surface area contributed by atoms with Crippen molar-refractivity contribution in [3.63, 3.8) is 0 Å². The van der Waals surface area contributed by atoms with Gasteiger partial charge in [0.2, 0.25) is 0 Å². The second-order valence-electron chi connectivity index (χ2n) is 3.26. The Hall–Kier alpha value is -1.39. The molecule has 1 aromatic carbocycles. The first-order valence-electron chi connectivity index (χ1n) is 4.88. The van der Waals surface area contributed by atoms with Gasteiger partial charge in [0.25, 0.3) is 0 Å². The number of nitrogens with one attached hydrogen (secondary N) is 1. The van der Waals surface area contributed by atoms with Crippen LogP contribution in [-0.4, -0.2) is 29.3 Å². The van der Waals surface area contributed by atoms with Gasteiger partial charge < -0.3 is 15.5 Å². The van der Waals surface area contributed by atoms with Crippen LogP contribution in [-0.2, 0) is 6.54 Å². The molecule has 0 aliphatic heterocycles. The van der Waals surface area contributed by atoms with E-state index in [-0.39, 0.29) is 6.61 Å². The molecule has 0 atom stereocenters. The van der Waals surface area contributed by atoms with Crippen molar-refractivity contribution in [2.45, 2.75) is 13.0 Å². The Kier molecular flexibility index (Phi) is 4.80. The van der Waals surface area contributed by atoms with Crippen LogP contribution in [0.2, 0.25) is 0 Å². The van der Waals surface area contributed by atoms with E-state index in [4.69, 9.17) is 10.2 Å². The molecule has 0 radical (unpaired) electrons. The molecule has 4 nitrogen and oxygen atoms in total. The largest absolute Gasteiger partial charge is 0.478 e. The summed E-state index contributed by atoms with van der Waals surface area (Å²) in [5.41, 5.74) is 1.34. The second kappa shape index (κ2) is 6.16. The Balaban J connectivity index is 2.39. The summed E-state index contributed by atoms with van der Waals surface area (Å²) in [5, 5.41) is 20.4. The van der Waals surface area contributed by atoms with Crippen molar-refractivity contribution in [1.82, 2.24) is 5.32 Å². The third-order valence-electron chi connectivity index (χ3n) is 2.04. The lowest BCUT2D eigenvalue weighted by atomic mass is 10.1. The maximum absolute atomic E-state index is 10.6. The Morgan fingerprint density at radius 1 is 1.27 bits per heavy atom. The SMILES string of the molecule is O=C(O)c1ccc(CNCCCO)cc1. The summed E-state index contributed by atoms with van der Waals surface area (Å²) in [7, 11) is 0. The first kappa shape index (κ1) is 11.7. The van der Waals surface area contributed by atoms with Gasteiger partial charge in [-0.1, -0.05) is 12.1 Å². The minimum atomic E-state index is -0.908. The van der Waals surface area contributed by atoms with Gasteiger partial charge >= 0.3 is 5.97 Å². The fraction of sp³-hybridized carbons (Fsp3) is 0.364. The Morgan fingerprint density at radius 3 is 2.47 bits per heavy atom. The highest BCUT2D eigenvalue weighted by atomic mass is 16.4. The molecular formula is C11H15NO3. The molecule has 1 aromatic rings. The molecule has 3 N–H and O–H groups in total. The molecule has 15 heavy (non-hydrogen) atoms. The predicted octanol–water partition coefficient (Wildman–Crippen LogP) is 0.857. The van der Waals surface area contributed by atoms with E-state index in [1.807, 2.05) is 0 Å². The fourth-order valence-corrected chi connectivity index (χ4v) is 1.20. The van der Waals surface area contributed by atoms with Gasteiger partial charge in [0.1, 0.15) is 0 Å². The van der Waals surface area contributed by atoms with Crippen LogP contribution in [0.15, 0.2) is 24.3 Å². The molecule has 0 saturated carbocycles. The monoisotopic (exact) mass is 209 g/mol. The van der Waals surface area contributed by atoms with E-state index >= 15 is 0 Å². The van der Waals surface area contributed by atoms with Crippen molar-refractivity contribution < 1.29 is 15.0 Å². The van der Waals surface area contributed by atoms with Crippen molar-refractivity contribution >= 4 is 5.97 Å². The normalized spacial score (nSPS) is 10.2. The van der Waals surface area contributed by atoms with Crippen molar-refractivity contribution in [3.05, 3.63) is 35.4 Å². The van der Waals surface area contributed by atoms with Crippen LogP contribution < -0.4 is 5.32 Å². The topological polar surface area (TPSA) is 69.6 Å². The Labute approximate surface area is 88.6 Å². The number of rotatable bonds is 6. The van der Waals surface area contributed by atoms with Gasteiger partial charge in [0.05, 0.1) is 5.56 Å². The number of hydrogen-bond acceptors (Lipinski definition) is 3. The van der Waals surface area contributed by atoms with Gasteiger partial charge in [-0.25, -0.2) is 4.79 Å². The number of benzene rings is 1. The Morgan fingerprint density at radius 2 is 1.93 bits per heavy atom. The predicted molar refractivity (Wildman–Crippen MR) is 56.8 cm³/mol. The van der Waals surface area contributed by atoms with Gasteiger partial charge in [-0.15, -0.1) is 0 Å². The number of aromatic carboxylic acids is 1. The standard InChI is InChI=1S/C11H15NO3/c13-7-1-6-12-8-9-2-4-10(5-3-9)11(14)15/h2-5,12-13H,1,6-8H2,(H,14,15). The number of carbonyl (C=O) groups is 1. The van der Waals surface area contributed by atoms with Crippen molar-refractivity contribution in [2.75, 3.05) is 13.2 Å². The molecule has 0 fully saturated rings. The average Bonchev–Trinajstić information content (AvgIpc) is 2.25. The first-order valence-corrected chi connectivity index (χ1v) is 4.88.